The van der Waals surface area contributed by atoms with Crippen molar-refractivity contribution < 1.29 is 15.0 Å². The average Bonchev–Trinajstić information content (AvgIpc) is 2.50. The quantitative estimate of drug-likeness (QED) is 0.700. The van der Waals surface area contributed by atoms with E-state index in [0.717, 1.165) is 44.9 Å². The molecule has 2 aliphatic carbocycles. The van der Waals surface area contributed by atoms with E-state index in [-0.39, 0.29) is 17.9 Å². The van der Waals surface area contributed by atoms with Gasteiger partial charge in [0, 0.05) is 6.61 Å². The molecule has 0 bridgehead atoms. The summed E-state index contributed by atoms with van der Waals surface area (Å²) in [7, 11) is 0. The summed E-state index contributed by atoms with van der Waals surface area (Å²) >= 11 is 0. The van der Waals surface area contributed by atoms with E-state index in [1.807, 2.05) is 6.92 Å². The van der Waals surface area contributed by atoms with Gasteiger partial charge in [-0.2, -0.15) is 0 Å². The Bertz CT molecular complexity index is 470. The molecule has 1 fully saturated rings. The van der Waals surface area contributed by atoms with Crippen molar-refractivity contribution >= 4 is 5.97 Å². The number of aliphatic hydroxyl groups excluding tert-OH is 1. The Kier molecular flexibility index (Phi) is 5.60. The third-order valence-corrected chi connectivity index (χ3v) is 7.07. The van der Waals surface area contributed by atoms with Crippen molar-refractivity contribution in [3.05, 3.63) is 11.6 Å². The third-order valence-electron chi connectivity index (χ3n) is 7.07. The maximum Gasteiger partial charge on any atom is 0.309 e. The van der Waals surface area contributed by atoms with E-state index >= 15 is 0 Å². The Morgan fingerprint density at radius 3 is 2.65 bits per heavy atom. The fourth-order valence-corrected chi connectivity index (χ4v) is 4.87. The lowest BCUT2D eigenvalue weighted by Gasteiger charge is -2.52. The average molecular weight is 322 g/mol. The maximum atomic E-state index is 11.9. The van der Waals surface area contributed by atoms with Gasteiger partial charge in [0.2, 0.25) is 0 Å². The zero-order chi connectivity index (χ0) is 17.3. The monoisotopic (exact) mass is 322 g/mol. The number of carbonyl (C=O) groups is 1. The second kappa shape index (κ2) is 6.96. The van der Waals surface area contributed by atoms with Gasteiger partial charge in [-0.25, -0.2) is 0 Å². The number of carboxylic acids is 1. The van der Waals surface area contributed by atoms with Gasteiger partial charge in [0.05, 0.1) is 5.41 Å². The van der Waals surface area contributed by atoms with Gasteiger partial charge in [-0.05, 0) is 75.0 Å². The molecule has 0 amide bonds. The molecular weight excluding hydrogens is 288 g/mol. The Labute approximate surface area is 141 Å². The molecule has 2 aliphatic rings. The molecule has 0 aromatic carbocycles. The molecule has 1 saturated carbocycles. The van der Waals surface area contributed by atoms with Gasteiger partial charge in [0.25, 0.3) is 0 Å². The van der Waals surface area contributed by atoms with E-state index in [1.165, 1.54) is 5.57 Å². The molecule has 2 rings (SSSR count). The van der Waals surface area contributed by atoms with Crippen molar-refractivity contribution in [2.24, 2.45) is 28.6 Å². The van der Waals surface area contributed by atoms with Gasteiger partial charge in [-0.3, -0.25) is 4.79 Å². The normalized spacial score (nSPS) is 38.6. The number of hydrogen-bond donors (Lipinski definition) is 2. The van der Waals surface area contributed by atoms with Gasteiger partial charge < -0.3 is 10.2 Å². The number of hydrogen-bond acceptors (Lipinski definition) is 2. The molecule has 0 aromatic heterocycles. The van der Waals surface area contributed by atoms with Crippen LogP contribution in [0.15, 0.2) is 11.6 Å². The SMILES string of the molecule is CC(CCO)CCC1(C)C2=CCCC(C)(C(=O)O)C2CCC1C. The fraction of sp³-hybridized carbons (Fsp3) is 0.850. The van der Waals surface area contributed by atoms with Crippen LogP contribution >= 0.6 is 0 Å². The summed E-state index contributed by atoms with van der Waals surface area (Å²) in [5, 5.41) is 18.9. The topological polar surface area (TPSA) is 57.5 Å². The smallest absolute Gasteiger partial charge is 0.309 e. The molecule has 0 heterocycles. The number of allylic oxidation sites excluding steroid dienone is 2. The van der Waals surface area contributed by atoms with Gasteiger partial charge >= 0.3 is 5.97 Å². The minimum absolute atomic E-state index is 0.115. The van der Waals surface area contributed by atoms with Crippen LogP contribution in [0.1, 0.15) is 72.6 Å². The molecule has 0 spiro atoms. The maximum absolute atomic E-state index is 11.9. The fourth-order valence-electron chi connectivity index (χ4n) is 4.87. The largest absolute Gasteiger partial charge is 0.481 e. The molecule has 23 heavy (non-hydrogen) atoms. The molecule has 5 atom stereocenters. The first-order chi connectivity index (χ1) is 10.8. The number of aliphatic hydroxyl groups is 1. The lowest BCUT2D eigenvalue weighted by Crippen LogP contribution is -2.47. The number of fused-ring (bicyclic) bond motifs is 1. The first-order valence-electron chi connectivity index (χ1n) is 9.30. The summed E-state index contributed by atoms with van der Waals surface area (Å²) in [6, 6.07) is 0. The van der Waals surface area contributed by atoms with Crippen LogP contribution in [0.25, 0.3) is 0 Å². The zero-order valence-electron chi connectivity index (χ0n) is 15.3. The van der Waals surface area contributed by atoms with Crippen LogP contribution in [-0.4, -0.2) is 22.8 Å². The zero-order valence-corrected chi connectivity index (χ0v) is 15.3. The van der Waals surface area contributed by atoms with Gasteiger partial charge in [-0.1, -0.05) is 32.4 Å². The molecule has 132 valence electrons. The Morgan fingerprint density at radius 2 is 2.04 bits per heavy atom. The number of rotatable bonds is 6. The predicted molar refractivity (Wildman–Crippen MR) is 93.2 cm³/mol. The molecule has 5 unspecified atom stereocenters. The standard InChI is InChI=1S/C20H34O3/c1-14(10-13-21)9-12-19(3)15(2)7-8-17-16(19)6-5-11-20(17,4)18(22)23/h6,14-15,17,21H,5,7-13H2,1-4H3,(H,22,23). The minimum Gasteiger partial charge on any atom is -0.481 e. The van der Waals surface area contributed by atoms with E-state index in [9.17, 15) is 9.90 Å². The number of carboxylic acid groups (broad SMARTS) is 1. The number of aliphatic carboxylic acids is 1. The van der Waals surface area contributed by atoms with Gasteiger partial charge in [0.1, 0.15) is 0 Å². The highest BCUT2D eigenvalue weighted by molar-refractivity contribution is 5.75. The van der Waals surface area contributed by atoms with E-state index in [0.29, 0.717) is 11.8 Å². The van der Waals surface area contributed by atoms with Crippen molar-refractivity contribution in [3.63, 3.8) is 0 Å². The third kappa shape index (κ3) is 3.35. The summed E-state index contributed by atoms with van der Waals surface area (Å²) in [4.78, 5) is 11.9. The van der Waals surface area contributed by atoms with Crippen molar-refractivity contribution in [2.75, 3.05) is 6.61 Å². The Hall–Kier alpha value is -0.830. The molecular formula is C20H34O3. The minimum atomic E-state index is -0.626. The summed E-state index contributed by atoms with van der Waals surface area (Å²) in [6.45, 7) is 9.12. The highest BCUT2D eigenvalue weighted by atomic mass is 16.4. The van der Waals surface area contributed by atoms with Gasteiger partial charge in [0.15, 0.2) is 0 Å². The van der Waals surface area contributed by atoms with Crippen LogP contribution < -0.4 is 0 Å². The summed E-state index contributed by atoms with van der Waals surface area (Å²) < 4.78 is 0. The molecule has 3 heteroatoms. The van der Waals surface area contributed by atoms with Crippen molar-refractivity contribution in [1.29, 1.82) is 0 Å². The first kappa shape index (κ1) is 18.5. The van der Waals surface area contributed by atoms with E-state index in [1.54, 1.807) is 0 Å². The Balaban J connectivity index is 2.24. The van der Waals surface area contributed by atoms with Crippen LogP contribution in [0, 0.1) is 28.6 Å². The van der Waals surface area contributed by atoms with Crippen molar-refractivity contribution in [1.82, 2.24) is 0 Å². The molecule has 0 aromatic rings. The molecule has 2 N–H and O–H groups in total. The van der Waals surface area contributed by atoms with Crippen LogP contribution in [0.3, 0.4) is 0 Å². The Morgan fingerprint density at radius 1 is 1.35 bits per heavy atom. The molecule has 0 aliphatic heterocycles. The van der Waals surface area contributed by atoms with E-state index in [4.69, 9.17) is 5.11 Å². The van der Waals surface area contributed by atoms with E-state index in [2.05, 4.69) is 26.8 Å². The molecule has 3 nitrogen and oxygen atoms in total. The van der Waals surface area contributed by atoms with Crippen LogP contribution in [0.4, 0.5) is 0 Å². The summed E-state index contributed by atoms with van der Waals surface area (Å²) in [5.41, 5.74) is 0.940. The molecule has 0 saturated heterocycles. The highest BCUT2D eigenvalue weighted by Gasteiger charge is 2.52. The van der Waals surface area contributed by atoms with E-state index < -0.39 is 11.4 Å². The summed E-state index contributed by atoms with van der Waals surface area (Å²) in [6.07, 6.45) is 9.22. The second-order valence-electron chi connectivity index (χ2n) is 8.53. The highest BCUT2D eigenvalue weighted by Crippen LogP contribution is 2.58. The van der Waals surface area contributed by atoms with Crippen LogP contribution in [-0.2, 0) is 4.79 Å². The van der Waals surface area contributed by atoms with Gasteiger partial charge in [-0.15, -0.1) is 0 Å². The lowest BCUT2D eigenvalue weighted by atomic mass is 9.51. The predicted octanol–water partition coefficient (Wildman–Crippen LogP) is 4.65. The van der Waals surface area contributed by atoms with Crippen LogP contribution in [0.5, 0.6) is 0 Å². The summed E-state index contributed by atoms with van der Waals surface area (Å²) in [5.74, 6) is 0.698. The van der Waals surface area contributed by atoms with Crippen molar-refractivity contribution in [3.8, 4) is 0 Å². The molecule has 0 radical (unpaired) electrons. The first-order valence-corrected chi connectivity index (χ1v) is 9.30. The van der Waals surface area contributed by atoms with Crippen molar-refractivity contribution in [2.45, 2.75) is 72.6 Å². The van der Waals surface area contributed by atoms with Crippen LogP contribution in [0.2, 0.25) is 0 Å². The lowest BCUT2D eigenvalue weighted by molar-refractivity contribution is -0.152. The second-order valence-corrected chi connectivity index (χ2v) is 8.53.